The topological polar surface area (TPSA) is 135 Å². The molecule has 27 heavy (non-hydrogen) atoms. The Morgan fingerprint density at radius 3 is 1.07 bits per heavy atom. The van der Waals surface area contributed by atoms with Crippen LogP contribution in [0.3, 0.4) is 0 Å². The van der Waals surface area contributed by atoms with Crippen LogP contribution in [-0.4, -0.2) is 58.0 Å². The van der Waals surface area contributed by atoms with Gasteiger partial charge in [0.2, 0.25) is 10.4 Å². The van der Waals surface area contributed by atoms with Crippen molar-refractivity contribution in [3.05, 3.63) is 0 Å². The zero-order valence-electron chi connectivity index (χ0n) is 17.1. The van der Waals surface area contributed by atoms with Crippen LogP contribution in [-0.2, 0) is 15.0 Å². The summed E-state index contributed by atoms with van der Waals surface area (Å²) in [5.74, 6) is 0. The van der Waals surface area contributed by atoms with E-state index in [9.17, 15) is 0 Å². The van der Waals surface area contributed by atoms with E-state index in [0.29, 0.717) is 0 Å². The van der Waals surface area contributed by atoms with Crippen molar-refractivity contribution in [2.24, 2.45) is 0 Å². The number of unbranched alkanes of at least 4 members (excludes halogenated alkanes) is 4. The number of halogens is 1. The van der Waals surface area contributed by atoms with Crippen LogP contribution in [0.2, 0.25) is 0 Å². The first-order valence-electron chi connectivity index (χ1n) is 9.53. The number of nitrogens with zero attached hydrogens (tertiary/aromatic N) is 1. The Kier molecular flexibility index (Phi) is 21.7. The van der Waals surface area contributed by atoms with Crippen molar-refractivity contribution in [1.29, 1.82) is 0 Å². The zero-order valence-corrected chi connectivity index (χ0v) is 19.6. The van der Waals surface area contributed by atoms with E-state index in [-0.39, 0.29) is 0 Å². The fourth-order valence-electron chi connectivity index (χ4n) is 2.64. The Labute approximate surface area is 170 Å². The number of hydrogen-bond acceptors (Lipinski definition) is 4. The van der Waals surface area contributed by atoms with E-state index < -0.39 is 17.3 Å². The summed E-state index contributed by atoms with van der Waals surface area (Å²) in [6.45, 7) is 10.9. The van der Waals surface area contributed by atoms with Gasteiger partial charge in [0.1, 0.15) is 0 Å². The minimum Gasteiger partial charge on any atom is -0.726 e. The van der Waals surface area contributed by atoms with Gasteiger partial charge in [0.25, 0.3) is 0 Å². The Morgan fingerprint density at radius 1 is 0.815 bits per heavy atom. The van der Waals surface area contributed by atoms with Gasteiger partial charge in [-0.1, -0.05) is 53.4 Å². The molecule has 0 radical (unpaired) electrons. The highest BCUT2D eigenvalue weighted by molar-refractivity contribution is 7.80. The van der Waals surface area contributed by atoms with E-state index in [4.69, 9.17) is 31.9 Å². The molecule has 0 aliphatic carbocycles. The summed E-state index contributed by atoms with van der Waals surface area (Å²) in [6, 6.07) is 0. The molecule has 0 fully saturated rings. The average molecular weight is 456 g/mol. The van der Waals surface area contributed by atoms with Crippen molar-refractivity contribution >= 4 is 28.6 Å². The van der Waals surface area contributed by atoms with Gasteiger partial charge in [-0.25, -0.2) is 13.0 Å². The molecule has 0 aromatic rings. The minimum atomic E-state index is -4.92. The molecular formula is C16H39ClNO7PS. The van der Waals surface area contributed by atoms with Gasteiger partial charge in [0, 0.05) is 11.2 Å². The van der Waals surface area contributed by atoms with E-state index in [1.165, 1.54) is 82.0 Å². The van der Waals surface area contributed by atoms with Gasteiger partial charge >= 0.3 is 6.95 Å². The molecule has 3 N–H and O–H groups in total. The van der Waals surface area contributed by atoms with Gasteiger partial charge in [-0.05, 0) is 25.7 Å². The van der Waals surface area contributed by atoms with Gasteiger partial charge in [0.05, 0.1) is 26.2 Å². The average Bonchev–Trinajstić information content (AvgIpc) is 2.50. The van der Waals surface area contributed by atoms with Crippen LogP contribution in [0.4, 0.5) is 0 Å². The third kappa shape index (κ3) is 37.7. The maximum atomic E-state index is 9.09. The summed E-state index contributed by atoms with van der Waals surface area (Å²) >= 11 is 4.20. The standard InChI is InChI=1S/C16H36N.ClH2O3P.H2O4S/c1-5-9-13-17(14-10-6-2,15-11-7-3)16-12-8-4;2*1-5(2,3)4/h5-16H2,1-4H3;(H2,2,3,4);(H2,1,2,3,4)/q+1;;/p-1. The Bertz CT molecular complexity index is 418. The first-order valence-corrected chi connectivity index (χ1v) is 13.4. The van der Waals surface area contributed by atoms with E-state index >= 15 is 0 Å². The third-order valence-corrected chi connectivity index (χ3v) is 3.94. The largest absolute Gasteiger partial charge is 0.726 e. The number of quaternary nitrogens is 1. The second kappa shape index (κ2) is 18.3. The van der Waals surface area contributed by atoms with Crippen LogP contribution in [0.25, 0.3) is 0 Å². The van der Waals surface area contributed by atoms with E-state index in [1.807, 2.05) is 0 Å². The summed E-state index contributed by atoms with van der Waals surface area (Å²) in [5, 5.41) is 0. The molecule has 0 spiro atoms. The van der Waals surface area contributed by atoms with Crippen LogP contribution >= 0.6 is 18.2 Å². The maximum absolute atomic E-state index is 9.09. The molecule has 0 saturated carbocycles. The summed E-state index contributed by atoms with van der Waals surface area (Å²) < 4.78 is 43.3. The van der Waals surface area contributed by atoms with E-state index in [1.54, 1.807) is 0 Å². The summed E-state index contributed by atoms with van der Waals surface area (Å²) in [5.41, 5.74) is 0. The van der Waals surface area contributed by atoms with Crippen LogP contribution < -0.4 is 0 Å². The molecule has 0 atom stereocenters. The lowest BCUT2D eigenvalue weighted by Crippen LogP contribution is -2.50. The van der Waals surface area contributed by atoms with Crippen LogP contribution in [0, 0.1) is 0 Å². The molecule has 11 heteroatoms. The van der Waals surface area contributed by atoms with Crippen molar-refractivity contribution in [2.45, 2.75) is 79.1 Å². The van der Waals surface area contributed by atoms with Crippen molar-refractivity contribution in [3.8, 4) is 0 Å². The smallest absolute Gasteiger partial charge is 0.419 e. The summed E-state index contributed by atoms with van der Waals surface area (Å²) in [7, 11) is -4.92. The minimum absolute atomic E-state index is 1.35. The van der Waals surface area contributed by atoms with Crippen molar-refractivity contribution in [2.75, 3.05) is 26.2 Å². The molecule has 0 heterocycles. The number of hydrogen-bond donors (Lipinski definition) is 3. The Hall–Kier alpha value is 0.270. The molecule has 168 valence electrons. The second-order valence-electron chi connectivity index (χ2n) is 6.55. The zero-order chi connectivity index (χ0) is 22.0. The lowest BCUT2D eigenvalue weighted by molar-refractivity contribution is -0.929. The second-order valence-corrected chi connectivity index (χ2v) is 9.67. The highest BCUT2D eigenvalue weighted by atomic mass is 35.7. The van der Waals surface area contributed by atoms with Gasteiger partial charge in [-0.15, -0.1) is 0 Å². The van der Waals surface area contributed by atoms with Crippen LogP contribution in [0.5, 0.6) is 0 Å². The molecule has 0 bridgehead atoms. The lowest BCUT2D eigenvalue weighted by Gasteiger charge is -2.39. The third-order valence-electron chi connectivity index (χ3n) is 3.94. The molecule has 0 unspecified atom stereocenters. The van der Waals surface area contributed by atoms with Gasteiger partial charge in [-0.2, -0.15) is 0 Å². The molecule has 0 rings (SSSR count). The summed E-state index contributed by atoms with van der Waals surface area (Å²) in [4.78, 5) is 14.8. The molecular weight excluding hydrogens is 417 g/mol. The Balaban J connectivity index is -0.000000471. The van der Waals surface area contributed by atoms with E-state index in [0.717, 1.165) is 0 Å². The molecule has 0 aromatic carbocycles. The predicted molar refractivity (Wildman–Crippen MR) is 110 cm³/mol. The fourth-order valence-corrected chi connectivity index (χ4v) is 2.64. The fraction of sp³-hybridized carbons (Fsp3) is 1.00. The molecule has 0 saturated heterocycles. The lowest BCUT2D eigenvalue weighted by atomic mass is 10.1. The maximum Gasteiger partial charge on any atom is 0.419 e. The molecule has 0 aliphatic rings. The molecule has 8 nitrogen and oxygen atoms in total. The molecule has 0 amide bonds. The first kappa shape index (κ1) is 31.9. The van der Waals surface area contributed by atoms with Crippen molar-refractivity contribution in [3.63, 3.8) is 0 Å². The highest BCUT2D eigenvalue weighted by Gasteiger charge is 2.24. The highest BCUT2D eigenvalue weighted by Crippen LogP contribution is 2.39. The van der Waals surface area contributed by atoms with Gasteiger partial charge < -0.3 is 18.8 Å². The van der Waals surface area contributed by atoms with Gasteiger partial charge in [-0.3, -0.25) is 4.55 Å². The molecule has 0 aromatic heterocycles. The quantitative estimate of drug-likeness (QED) is 0.172. The van der Waals surface area contributed by atoms with Gasteiger partial charge in [0.15, 0.2) is 0 Å². The van der Waals surface area contributed by atoms with Crippen LogP contribution in [0.1, 0.15) is 79.1 Å². The normalized spacial score (nSPS) is 11.9. The van der Waals surface area contributed by atoms with E-state index in [2.05, 4.69) is 38.9 Å². The predicted octanol–water partition coefficient (Wildman–Crippen LogP) is 4.33. The molecule has 0 aliphatic heterocycles. The van der Waals surface area contributed by atoms with Crippen LogP contribution in [0.15, 0.2) is 0 Å². The van der Waals surface area contributed by atoms with Crippen molar-refractivity contribution < 1.29 is 36.4 Å². The SMILES string of the molecule is CCCC[N+](CCCC)(CCCC)CCCC.O=P(O)(O)Cl.O=S(=O)([O-])O. The summed E-state index contributed by atoms with van der Waals surface area (Å²) in [6.07, 6.45) is 11.1. The van der Waals surface area contributed by atoms with Crippen molar-refractivity contribution in [1.82, 2.24) is 0 Å². The number of rotatable bonds is 12. The Morgan fingerprint density at radius 2 is 0.963 bits per heavy atom. The first-order chi connectivity index (χ1) is 12.2. The monoisotopic (exact) mass is 455 g/mol.